The van der Waals surface area contributed by atoms with Crippen LogP contribution in [0.2, 0.25) is 0 Å². The zero-order valence-corrected chi connectivity index (χ0v) is 11.8. The predicted octanol–water partition coefficient (Wildman–Crippen LogP) is 3.01. The summed E-state index contributed by atoms with van der Waals surface area (Å²) in [5.74, 6) is -2.10. The van der Waals surface area contributed by atoms with E-state index in [2.05, 4.69) is 5.32 Å². The fourth-order valence-electron chi connectivity index (χ4n) is 2.66. The van der Waals surface area contributed by atoms with E-state index in [0.717, 1.165) is 12.5 Å². The zero-order chi connectivity index (χ0) is 16.3. The maximum absolute atomic E-state index is 13.8. The van der Waals surface area contributed by atoms with E-state index in [0.29, 0.717) is 25.3 Å². The fraction of sp³-hybridized carbons (Fsp3) is 0.533. The van der Waals surface area contributed by atoms with Crippen LogP contribution in [-0.2, 0) is 17.5 Å². The normalized spacial score (nSPS) is 22.4. The van der Waals surface area contributed by atoms with E-state index >= 15 is 0 Å². The summed E-state index contributed by atoms with van der Waals surface area (Å²) in [6.07, 6.45) is -2.99. The number of alkyl halides is 3. The Labute approximate surface area is 125 Å². The number of carbonyl (C=O) groups is 1. The lowest BCUT2D eigenvalue weighted by Crippen LogP contribution is -2.35. The Hall–Kier alpha value is -1.63. The van der Waals surface area contributed by atoms with Gasteiger partial charge in [0.2, 0.25) is 5.91 Å². The van der Waals surface area contributed by atoms with Crippen molar-refractivity contribution in [1.82, 2.24) is 5.32 Å². The summed E-state index contributed by atoms with van der Waals surface area (Å²) in [7, 11) is 0. The molecule has 3 nitrogen and oxygen atoms in total. The summed E-state index contributed by atoms with van der Waals surface area (Å²) in [4.78, 5) is 11.9. The van der Waals surface area contributed by atoms with Crippen LogP contribution in [0.5, 0.6) is 0 Å². The lowest BCUT2D eigenvalue weighted by atomic mass is 9.86. The molecule has 0 saturated heterocycles. The van der Waals surface area contributed by atoms with Crippen molar-refractivity contribution in [3.63, 3.8) is 0 Å². The van der Waals surface area contributed by atoms with E-state index in [9.17, 15) is 27.5 Å². The van der Waals surface area contributed by atoms with Gasteiger partial charge < -0.3 is 10.4 Å². The molecule has 1 aliphatic rings. The fourth-order valence-corrected chi connectivity index (χ4v) is 2.66. The molecule has 0 unspecified atom stereocenters. The molecule has 0 spiro atoms. The predicted molar refractivity (Wildman–Crippen MR) is 71.2 cm³/mol. The molecule has 0 bridgehead atoms. The Kier molecular flexibility index (Phi) is 5.05. The lowest BCUT2D eigenvalue weighted by molar-refractivity contribution is -0.140. The highest BCUT2D eigenvalue weighted by atomic mass is 19.4. The Morgan fingerprint density at radius 3 is 2.68 bits per heavy atom. The maximum Gasteiger partial charge on any atom is 0.419 e. The molecule has 1 aromatic rings. The van der Waals surface area contributed by atoms with Crippen LogP contribution >= 0.6 is 0 Å². The number of aliphatic hydroxyl groups excluding tert-OH is 1. The summed E-state index contributed by atoms with van der Waals surface area (Å²) in [6.45, 7) is -0.304. The average molecular weight is 319 g/mol. The van der Waals surface area contributed by atoms with Crippen molar-refractivity contribution in [1.29, 1.82) is 0 Å². The quantitative estimate of drug-likeness (QED) is 0.842. The molecule has 2 atom stereocenters. The maximum atomic E-state index is 13.8. The number of amides is 1. The van der Waals surface area contributed by atoms with E-state index in [1.54, 1.807) is 0 Å². The van der Waals surface area contributed by atoms with Gasteiger partial charge in [0.1, 0.15) is 5.82 Å². The summed E-state index contributed by atoms with van der Waals surface area (Å²) < 4.78 is 51.6. The molecule has 22 heavy (non-hydrogen) atoms. The molecular formula is C15H17F4NO2. The van der Waals surface area contributed by atoms with Crippen molar-refractivity contribution in [3.8, 4) is 0 Å². The Bertz CT molecular complexity index is 545. The van der Waals surface area contributed by atoms with Crippen LogP contribution in [0, 0.1) is 11.7 Å². The number of nitrogens with one attached hydrogen (secondary N) is 1. The third-order valence-corrected chi connectivity index (χ3v) is 3.85. The first-order valence-corrected chi connectivity index (χ1v) is 7.09. The van der Waals surface area contributed by atoms with Crippen molar-refractivity contribution in [3.05, 3.63) is 35.1 Å². The highest BCUT2D eigenvalue weighted by Gasteiger charge is 2.35. The number of rotatable bonds is 3. The molecular weight excluding hydrogens is 302 g/mol. The topological polar surface area (TPSA) is 49.3 Å². The third kappa shape index (κ3) is 3.97. The van der Waals surface area contributed by atoms with Gasteiger partial charge in [0, 0.05) is 18.0 Å². The molecule has 7 heteroatoms. The van der Waals surface area contributed by atoms with E-state index in [1.165, 1.54) is 6.07 Å². The molecule has 0 aliphatic heterocycles. The van der Waals surface area contributed by atoms with Gasteiger partial charge in [-0.25, -0.2) is 4.39 Å². The Balaban J connectivity index is 2.01. The van der Waals surface area contributed by atoms with Gasteiger partial charge in [-0.05, 0) is 25.3 Å². The summed E-state index contributed by atoms with van der Waals surface area (Å²) >= 11 is 0. The second-order valence-electron chi connectivity index (χ2n) is 5.51. The molecule has 1 aliphatic carbocycles. The van der Waals surface area contributed by atoms with Crippen LogP contribution in [0.4, 0.5) is 17.6 Å². The van der Waals surface area contributed by atoms with Gasteiger partial charge in [-0.15, -0.1) is 0 Å². The van der Waals surface area contributed by atoms with Crippen molar-refractivity contribution >= 4 is 5.91 Å². The van der Waals surface area contributed by atoms with Crippen LogP contribution in [0.15, 0.2) is 18.2 Å². The van der Waals surface area contributed by atoms with Gasteiger partial charge >= 0.3 is 6.18 Å². The van der Waals surface area contributed by atoms with Crippen LogP contribution < -0.4 is 5.32 Å². The molecule has 1 aromatic carbocycles. The molecule has 0 heterocycles. The van der Waals surface area contributed by atoms with Crippen LogP contribution in [0.3, 0.4) is 0 Å². The smallest absolute Gasteiger partial charge is 0.393 e. The number of aliphatic hydroxyl groups is 1. The largest absolute Gasteiger partial charge is 0.419 e. The van der Waals surface area contributed by atoms with Gasteiger partial charge in [-0.2, -0.15) is 13.2 Å². The standard InChI is InChI=1S/C15H17F4NO2/c16-13-10(4-2-6-12(13)15(17,18)19)8-20-14(22)9-3-1-5-11(21)7-9/h2,4,6,9,11,21H,1,3,5,7-8H2,(H,20,22)/t9-,11+/m0/s1. The van der Waals surface area contributed by atoms with Gasteiger partial charge in [-0.3, -0.25) is 4.79 Å². The number of benzene rings is 1. The van der Waals surface area contributed by atoms with Gasteiger partial charge in [0.05, 0.1) is 11.7 Å². The molecule has 122 valence electrons. The lowest BCUT2D eigenvalue weighted by Gasteiger charge is -2.25. The number of halogens is 4. The number of hydrogen-bond acceptors (Lipinski definition) is 2. The summed E-state index contributed by atoms with van der Waals surface area (Å²) in [6, 6.07) is 2.98. The number of carbonyl (C=O) groups excluding carboxylic acids is 1. The minimum atomic E-state index is -4.77. The SMILES string of the molecule is O=C(NCc1cccc(C(F)(F)F)c1F)[C@H]1CCC[C@@H](O)C1. The second kappa shape index (κ2) is 6.64. The highest BCUT2D eigenvalue weighted by molar-refractivity contribution is 5.78. The van der Waals surface area contributed by atoms with Gasteiger partial charge in [0.15, 0.2) is 0 Å². The summed E-state index contributed by atoms with van der Waals surface area (Å²) in [5.41, 5.74) is -1.55. The Morgan fingerprint density at radius 2 is 2.05 bits per heavy atom. The van der Waals surface area contributed by atoms with Crippen molar-refractivity contribution in [2.45, 2.75) is 44.5 Å². The Morgan fingerprint density at radius 1 is 1.32 bits per heavy atom. The third-order valence-electron chi connectivity index (χ3n) is 3.85. The van der Waals surface area contributed by atoms with Crippen LogP contribution in [-0.4, -0.2) is 17.1 Å². The second-order valence-corrected chi connectivity index (χ2v) is 5.51. The minimum absolute atomic E-state index is 0.209. The van der Waals surface area contributed by atoms with E-state index in [4.69, 9.17) is 0 Å². The highest BCUT2D eigenvalue weighted by Crippen LogP contribution is 2.32. The van der Waals surface area contributed by atoms with Gasteiger partial charge in [0.25, 0.3) is 0 Å². The van der Waals surface area contributed by atoms with Crippen molar-refractivity contribution in [2.24, 2.45) is 5.92 Å². The van der Waals surface area contributed by atoms with Crippen LogP contribution in [0.25, 0.3) is 0 Å². The van der Waals surface area contributed by atoms with Crippen molar-refractivity contribution < 1.29 is 27.5 Å². The zero-order valence-electron chi connectivity index (χ0n) is 11.8. The first-order chi connectivity index (χ1) is 10.3. The first kappa shape index (κ1) is 16.7. The molecule has 1 saturated carbocycles. The van der Waals surface area contributed by atoms with E-state index in [-0.39, 0.29) is 23.9 Å². The first-order valence-electron chi connectivity index (χ1n) is 7.09. The van der Waals surface area contributed by atoms with E-state index < -0.39 is 23.7 Å². The molecule has 2 N–H and O–H groups in total. The number of hydrogen-bond donors (Lipinski definition) is 2. The molecule has 0 radical (unpaired) electrons. The summed E-state index contributed by atoms with van der Waals surface area (Å²) in [5, 5.41) is 12.0. The molecule has 2 rings (SSSR count). The van der Waals surface area contributed by atoms with Gasteiger partial charge in [-0.1, -0.05) is 18.6 Å². The monoisotopic (exact) mass is 319 g/mol. The van der Waals surface area contributed by atoms with Crippen molar-refractivity contribution in [2.75, 3.05) is 0 Å². The minimum Gasteiger partial charge on any atom is -0.393 e. The van der Waals surface area contributed by atoms with Crippen LogP contribution in [0.1, 0.15) is 36.8 Å². The average Bonchev–Trinajstić information content (AvgIpc) is 2.44. The molecule has 0 aromatic heterocycles. The molecule has 1 fully saturated rings. The molecule has 1 amide bonds. The van der Waals surface area contributed by atoms with E-state index in [1.807, 2.05) is 0 Å².